The minimum atomic E-state index is -0.311. The van der Waals surface area contributed by atoms with Crippen LogP contribution in [0.2, 0.25) is 0 Å². The summed E-state index contributed by atoms with van der Waals surface area (Å²) in [6.07, 6.45) is 4.48. The van der Waals surface area contributed by atoms with Crippen molar-refractivity contribution in [2.45, 2.75) is 38.9 Å². The zero-order chi connectivity index (χ0) is 11.1. The Hall–Kier alpha value is -0.865. The molecule has 0 aliphatic carbocycles. The van der Waals surface area contributed by atoms with Crippen LogP contribution < -0.4 is 5.46 Å². The topological polar surface area (TPSA) is 31.4 Å². The van der Waals surface area contributed by atoms with E-state index in [-0.39, 0.29) is 18.3 Å². The first-order chi connectivity index (χ1) is 6.92. The van der Waals surface area contributed by atoms with E-state index in [2.05, 4.69) is 11.2 Å². The highest BCUT2D eigenvalue weighted by Crippen LogP contribution is 2.36. The van der Waals surface area contributed by atoms with Gasteiger partial charge in [-0.1, -0.05) is 0 Å². The van der Waals surface area contributed by atoms with Gasteiger partial charge in [0, 0.05) is 6.20 Å². The maximum Gasteiger partial charge on any atom is 0.494 e. The molecule has 4 heteroatoms. The lowest BCUT2D eigenvalue weighted by Crippen LogP contribution is -2.41. The fourth-order valence-corrected chi connectivity index (χ4v) is 1.45. The maximum absolute atomic E-state index is 5.88. The van der Waals surface area contributed by atoms with Crippen molar-refractivity contribution in [3.05, 3.63) is 24.5 Å². The van der Waals surface area contributed by atoms with Crippen LogP contribution in [0.15, 0.2) is 18.3 Å². The van der Waals surface area contributed by atoms with Crippen LogP contribution in [0.4, 0.5) is 0 Å². The zero-order valence-corrected chi connectivity index (χ0v) is 9.57. The Balaban J connectivity index is 2.24. The number of hydrogen-bond donors (Lipinski definition) is 0. The molecule has 0 saturated carbocycles. The monoisotopic (exact) mass is 204 g/mol. The van der Waals surface area contributed by atoms with Gasteiger partial charge in [0.1, 0.15) is 0 Å². The van der Waals surface area contributed by atoms with E-state index in [4.69, 9.17) is 9.31 Å². The van der Waals surface area contributed by atoms with Crippen molar-refractivity contribution < 1.29 is 9.31 Å². The van der Waals surface area contributed by atoms with E-state index in [9.17, 15) is 0 Å². The summed E-state index contributed by atoms with van der Waals surface area (Å²) in [6.45, 7) is 8.16. The van der Waals surface area contributed by atoms with Crippen LogP contribution in [-0.2, 0) is 9.31 Å². The summed E-state index contributed by atoms with van der Waals surface area (Å²) in [5.41, 5.74) is 0.380. The number of rotatable bonds is 1. The van der Waals surface area contributed by atoms with Crippen molar-refractivity contribution in [2.24, 2.45) is 0 Å². The average Bonchev–Trinajstić information content (AvgIpc) is 2.38. The maximum atomic E-state index is 5.88. The van der Waals surface area contributed by atoms with Gasteiger partial charge in [0.15, 0.2) is 0 Å². The van der Waals surface area contributed by atoms with E-state index in [1.54, 1.807) is 12.3 Å². The smallest absolute Gasteiger partial charge is 0.399 e. The summed E-state index contributed by atoms with van der Waals surface area (Å²) in [7, 11) is -0.311. The predicted octanol–water partition coefficient (Wildman–Crippen LogP) is 1.18. The van der Waals surface area contributed by atoms with Gasteiger partial charge >= 0.3 is 7.12 Å². The van der Waals surface area contributed by atoms with Gasteiger partial charge in [0.05, 0.1) is 17.4 Å². The molecule has 1 saturated heterocycles. The molecule has 1 fully saturated rings. The molecule has 0 unspecified atom stereocenters. The second-order valence-corrected chi connectivity index (χ2v) is 4.81. The molecular formula is C11H15BNO2. The van der Waals surface area contributed by atoms with Crippen molar-refractivity contribution in [2.75, 3.05) is 0 Å². The SMILES string of the molecule is CC1(C)OB(c2c[c]ncc2)OC1(C)C. The molecule has 2 heterocycles. The summed E-state index contributed by atoms with van der Waals surface area (Å²) < 4.78 is 11.8. The van der Waals surface area contributed by atoms with Gasteiger partial charge in [0.25, 0.3) is 0 Å². The van der Waals surface area contributed by atoms with Gasteiger partial charge in [0.2, 0.25) is 0 Å². The summed E-state index contributed by atoms with van der Waals surface area (Å²) in [5.74, 6) is 0. The molecule has 0 bridgehead atoms. The van der Waals surface area contributed by atoms with Gasteiger partial charge in [-0.3, -0.25) is 4.98 Å². The van der Waals surface area contributed by atoms with Crippen LogP contribution in [-0.4, -0.2) is 23.3 Å². The van der Waals surface area contributed by atoms with Crippen molar-refractivity contribution in [3.8, 4) is 0 Å². The van der Waals surface area contributed by atoms with Crippen molar-refractivity contribution in [3.63, 3.8) is 0 Å². The summed E-state index contributed by atoms with van der Waals surface area (Å²) >= 11 is 0. The predicted molar refractivity (Wildman–Crippen MR) is 58.8 cm³/mol. The van der Waals surface area contributed by atoms with E-state index in [1.807, 2.05) is 33.8 Å². The Kier molecular flexibility index (Phi) is 2.36. The highest BCUT2D eigenvalue weighted by Gasteiger charge is 2.51. The molecule has 3 nitrogen and oxygen atoms in total. The first-order valence-corrected chi connectivity index (χ1v) is 5.10. The Morgan fingerprint density at radius 1 is 1.20 bits per heavy atom. The van der Waals surface area contributed by atoms with Crippen LogP contribution >= 0.6 is 0 Å². The third-order valence-electron chi connectivity index (χ3n) is 3.17. The van der Waals surface area contributed by atoms with E-state index >= 15 is 0 Å². The largest absolute Gasteiger partial charge is 0.494 e. The van der Waals surface area contributed by atoms with E-state index in [0.717, 1.165) is 5.46 Å². The number of aromatic nitrogens is 1. The molecule has 0 atom stereocenters. The first kappa shape index (κ1) is 10.6. The lowest BCUT2D eigenvalue weighted by atomic mass is 9.80. The van der Waals surface area contributed by atoms with Crippen molar-refractivity contribution in [1.29, 1.82) is 0 Å². The van der Waals surface area contributed by atoms with E-state index in [1.165, 1.54) is 0 Å². The van der Waals surface area contributed by atoms with Crippen LogP contribution in [0.5, 0.6) is 0 Å². The van der Waals surface area contributed by atoms with Crippen LogP contribution in [0.25, 0.3) is 0 Å². The summed E-state index contributed by atoms with van der Waals surface area (Å²) in [6, 6.07) is 3.68. The second kappa shape index (κ2) is 3.32. The minimum Gasteiger partial charge on any atom is -0.399 e. The number of pyridine rings is 1. The summed E-state index contributed by atoms with van der Waals surface area (Å²) in [5, 5.41) is 0. The van der Waals surface area contributed by atoms with Gasteiger partial charge in [-0.25, -0.2) is 0 Å². The molecule has 1 aliphatic rings. The molecule has 15 heavy (non-hydrogen) atoms. The Morgan fingerprint density at radius 2 is 1.80 bits per heavy atom. The fourth-order valence-electron chi connectivity index (χ4n) is 1.45. The van der Waals surface area contributed by atoms with Gasteiger partial charge in [-0.15, -0.1) is 0 Å². The van der Waals surface area contributed by atoms with Crippen LogP contribution in [0, 0.1) is 6.20 Å². The van der Waals surface area contributed by atoms with E-state index < -0.39 is 0 Å². The lowest BCUT2D eigenvalue weighted by Gasteiger charge is -2.32. The normalized spacial score (nSPS) is 23.1. The van der Waals surface area contributed by atoms with Crippen LogP contribution in [0.3, 0.4) is 0 Å². The minimum absolute atomic E-state index is 0.291. The number of hydrogen-bond acceptors (Lipinski definition) is 3. The Bertz CT molecular complexity index is 335. The zero-order valence-electron chi connectivity index (χ0n) is 9.57. The van der Waals surface area contributed by atoms with Gasteiger partial charge in [-0.2, -0.15) is 0 Å². The molecule has 0 aromatic carbocycles. The molecule has 79 valence electrons. The standard InChI is InChI=1S/C11H15BNO2/c1-10(2)11(3,4)15-12(14-10)9-5-7-13-8-6-9/h5-7H,1-4H3. The first-order valence-electron chi connectivity index (χ1n) is 5.10. The summed E-state index contributed by atoms with van der Waals surface area (Å²) in [4.78, 5) is 3.85. The van der Waals surface area contributed by atoms with Gasteiger partial charge in [-0.05, 0) is 45.3 Å². The average molecular weight is 204 g/mol. The third kappa shape index (κ3) is 1.79. The highest BCUT2D eigenvalue weighted by atomic mass is 16.7. The number of nitrogens with zero attached hydrogens (tertiary/aromatic N) is 1. The highest BCUT2D eigenvalue weighted by molar-refractivity contribution is 6.62. The Morgan fingerprint density at radius 3 is 2.27 bits per heavy atom. The molecule has 0 amide bonds. The second-order valence-electron chi connectivity index (χ2n) is 4.81. The quantitative estimate of drug-likeness (QED) is 0.643. The molecule has 0 N–H and O–H groups in total. The third-order valence-corrected chi connectivity index (χ3v) is 3.17. The van der Waals surface area contributed by atoms with Gasteiger partial charge < -0.3 is 9.31 Å². The van der Waals surface area contributed by atoms with Crippen molar-refractivity contribution >= 4 is 12.6 Å². The molecule has 0 spiro atoms. The van der Waals surface area contributed by atoms with E-state index in [0.29, 0.717) is 0 Å². The molecule has 2 rings (SSSR count). The molecule has 1 aromatic rings. The lowest BCUT2D eigenvalue weighted by molar-refractivity contribution is 0.00578. The Labute approximate surface area is 91.0 Å². The molecular weight excluding hydrogens is 189 g/mol. The molecule has 1 radical (unpaired) electrons. The molecule has 1 aromatic heterocycles. The van der Waals surface area contributed by atoms with Crippen LogP contribution in [0.1, 0.15) is 27.7 Å². The fraction of sp³-hybridized carbons (Fsp3) is 0.545. The molecule has 1 aliphatic heterocycles. The van der Waals surface area contributed by atoms with Crippen molar-refractivity contribution in [1.82, 2.24) is 4.98 Å².